The largest absolute Gasteiger partial charge is 0.333 e. The van der Waals surface area contributed by atoms with Gasteiger partial charge in [-0.15, -0.1) is 0 Å². The molecule has 0 spiro atoms. The number of fused-ring (bicyclic) bond motifs is 2. The summed E-state index contributed by atoms with van der Waals surface area (Å²) < 4.78 is 16.3. The van der Waals surface area contributed by atoms with Gasteiger partial charge in [-0.3, -0.25) is 14.2 Å². The van der Waals surface area contributed by atoms with Crippen molar-refractivity contribution in [2.24, 2.45) is 0 Å². The number of aryl methyl sites for hydroxylation is 1. The summed E-state index contributed by atoms with van der Waals surface area (Å²) in [5.74, 6) is -0.318. The minimum absolute atomic E-state index is 0.145. The maximum atomic E-state index is 15.1. The Morgan fingerprint density at radius 3 is 2.74 bits per heavy atom. The molecule has 6 heteroatoms. The second-order valence-electron chi connectivity index (χ2n) is 7.66. The van der Waals surface area contributed by atoms with Crippen molar-refractivity contribution in [3.63, 3.8) is 0 Å². The van der Waals surface area contributed by atoms with Crippen LogP contribution in [0.2, 0.25) is 0 Å². The third-order valence-electron chi connectivity index (χ3n) is 5.87. The Morgan fingerprint density at radius 2 is 2.00 bits per heavy atom. The molecule has 5 rings (SSSR count). The molecule has 27 heavy (non-hydrogen) atoms. The molecule has 138 valence electrons. The summed E-state index contributed by atoms with van der Waals surface area (Å²) in [7, 11) is 0. The van der Waals surface area contributed by atoms with Gasteiger partial charge in [-0.1, -0.05) is 12.1 Å². The molecule has 1 aliphatic carbocycles. The number of nitrogens with zero attached hydrogens (tertiary/aromatic N) is 1. The maximum Gasteiger partial charge on any atom is 0.333 e. The molecule has 1 unspecified atom stereocenters. The maximum absolute atomic E-state index is 15.1. The van der Waals surface area contributed by atoms with E-state index in [1.807, 2.05) is 18.2 Å². The predicted octanol–water partition coefficient (Wildman–Crippen LogP) is 3.14. The normalized spacial score (nSPS) is 18.9. The van der Waals surface area contributed by atoms with Gasteiger partial charge in [-0.05, 0) is 60.9 Å². The van der Waals surface area contributed by atoms with Crippen molar-refractivity contribution in [2.75, 3.05) is 0 Å². The lowest BCUT2D eigenvalue weighted by Gasteiger charge is -2.15. The van der Waals surface area contributed by atoms with Crippen LogP contribution in [0.1, 0.15) is 54.0 Å². The quantitative estimate of drug-likeness (QED) is 0.733. The summed E-state index contributed by atoms with van der Waals surface area (Å²) in [6.07, 6.45) is 3.05. The number of hydrogen-bond acceptors (Lipinski definition) is 3. The fraction of sp³-hybridized carbons (Fsp3) is 0.333. The smallest absolute Gasteiger partial charge is 0.306 e. The van der Waals surface area contributed by atoms with Crippen molar-refractivity contribution < 1.29 is 4.39 Å². The topological polar surface area (TPSA) is 66.4 Å². The van der Waals surface area contributed by atoms with Gasteiger partial charge in [0, 0.05) is 23.7 Å². The fourth-order valence-electron chi connectivity index (χ4n) is 4.36. The standard InChI is InChI=1S/C21H20FN3O2/c1-10-17(13-5-6-15-11(2)23-8-14(15)7-13)16(22)9-25-19(10)18(12-3-4-12)20(26)24-21(25)27/h5-7,9,11-12,23H,3-4,8H2,1-2H3,(H,24,26,27). The Hall–Kier alpha value is -2.73. The molecule has 3 heterocycles. The highest BCUT2D eigenvalue weighted by Gasteiger charge is 2.31. The minimum atomic E-state index is -0.597. The van der Waals surface area contributed by atoms with Gasteiger partial charge < -0.3 is 5.32 Å². The van der Waals surface area contributed by atoms with Crippen LogP contribution < -0.4 is 16.6 Å². The average Bonchev–Trinajstić information content (AvgIpc) is 3.39. The van der Waals surface area contributed by atoms with Crippen molar-refractivity contribution in [1.82, 2.24) is 14.7 Å². The summed E-state index contributed by atoms with van der Waals surface area (Å²) in [5.41, 5.74) is 4.46. The molecule has 5 nitrogen and oxygen atoms in total. The Balaban J connectivity index is 1.83. The zero-order valence-corrected chi connectivity index (χ0v) is 15.2. The third-order valence-corrected chi connectivity index (χ3v) is 5.87. The highest BCUT2D eigenvalue weighted by Crippen LogP contribution is 2.42. The average molecular weight is 365 g/mol. The lowest BCUT2D eigenvalue weighted by molar-refractivity contribution is 0.618. The molecule has 2 aromatic heterocycles. The van der Waals surface area contributed by atoms with Crippen LogP contribution in [0.5, 0.6) is 0 Å². The summed E-state index contributed by atoms with van der Waals surface area (Å²) >= 11 is 0. The van der Waals surface area contributed by atoms with Gasteiger partial charge in [0.15, 0.2) is 0 Å². The number of H-pyrrole nitrogens is 1. The van der Waals surface area contributed by atoms with Gasteiger partial charge >= 0.3 is 5.69 Å². The third kappa shape index (κ3) is 2.40. The predicted molar refractivity (Wildman–Crippen MR) is 102 cm³/mol. The first-order valence-corrected chi connectivity index (χ1v) is 9.30. The first-order chi connectivity index (χ1) is 13.0. The summed E-state index contributed by atoms with van der Waals surface area (Å²) in [6.45, 7) is 4.66. The number of halogens is 1. The van der Waals surface area contributed by atoms with E-state index in [-0.39, 0.29) is 17.5 Å². The van der Waals surface area contributed by atoms with Crippen molar-refractivity contribution in [1.29, 1.82) is 0 Å². The van der Waals surface area contributed by atoms with Crippen LogP contribution in [0.4, 0.5) is 4.39 Å². The van der Waals surface area contributed by atoms with Crippen LogP contribution in [0.3, 0.4) is 0 Å². The number of nitrogens with one attached hydrogen (secondary N) is 2. The van der Waals surface area contributed by atoms with Crippen LogP contribution in [0, 0.1) is 12.7 Å². The first kappa shape index (κ1) is 16.4. The molecule has 1 fully saturated rings. The van der Waals surface area contributed by atoms with E-state index in [1.54, 1.807) is 6.92 Å². The lowest BCUT2D eigenvalue weighted by Crippen LogP contribution is -2.29. The second-order valence-corrected chi connectivity index (χ2v) is 7.66. The highest BCUT2D eigenvalue weighted by atomic mass is 19.1. The number of benzene rings is 1. The van der Waals surface area contributed by atoms with E-state index in [0.717, 1.165) is 30.5 Å². The highest BCUT2D eigenvalue weighted by molar-refractivity contribution is 5.78. The van der Waals surface area contributed by atoms with E-state index in [1.165, 1.54) is 16.2 Å². The van der Waals surface area contributed by atoms with Gasteiger partial charge in [-0.2, -0.15) is 0 Å². The molecular weight excluding hydrogens is 345 g/mol. The number of rotatable bonds is 2. The van der Waals surface area contributed by atoms with Gasteiger partial charge in [0.05, 0.1) is 11.7 Å². The van der Waals surface area contributed by atoms with Crippen LogP contribution in [0.15, 0.2) is 34.0 Å². The molecule has 1 aromatic carbocycles. The molecule has 1 aliphatic heterocycles. The number of aromatic amines is 1. The first-order valence-electron chi connectivity index (χ1n) is 9.30. The minimum Gasteiger partial charge on any atom is -0.306 e. The SMILES string of the molecule is Cc1c(-c2ccc3c(c2)CNC3C)c(F)cn2c(=O)[nH]c(=O)c(C3CC3)c12. The fourth-order valence-corrected chi connectivity index (χ4v) is 4.36. The molecular formula is C21H20FN3O2. The van der Waals surface area contributed by atoms with Gasteiger partial charge in [0.1, 0.15) is 5.82 Å². The monoisotopic (exact) mass is 365 g/mol. The number of pyridine rings is 1. The zero-order valence-electron chi connectivity index (χ0n) is 15.2. The zero-order chi connectivity index (χ0) is 18.9. The molecule has 1 saturated carbocycles. The molecule has 3 aromatic rings. The van der Waals surface area contributed by atoms with E-state index < -0.39 is 11.5 Å². The van der Waals surface area contributed by atoms with Crippen molar-refractivity contribution >= 4 is 5.52 Å². The summed E-state index contributed by atoms with van der Waals surface area (Å²) in [5, 5.41) is 3.39. The van der Waals surface area contributed by atoms with E-state index in [9.17, 15) is 9.59 Å². The Morgan fingerprint density at radius 1 is 1.22 bits per heavy atom. The number of aromatic nitrogens is 2. The molecule has 1 atom stereocenters. The van der Waals surface area contributed by atoms with Gasteiger partial charge in [0.2, 0.25) is 0 Å². The van der Waals surface area contributed by atoms with Crippen molar-refractivity contribution in [2.45, 2.75) is 45.2 Å². The van der Waals surface area contributed by atoms with Crippen LogP contribution in [-0.4, -0.2) is 9.38 Å². The van der Waals surface area contributed by atoms with Crippen LogP contribution >= 0.6 is 0 Å². The van der Waals surface area contributed by atoms with Crippen molar-refractivity contribution in [3.05, 3.63) is 73.3 Å². The Labute approximate surface area is 154 Å². The second kappa shape index (κ2) is 5.63. The van der Waals surface area contributed by atoms with E-state index in [2.05, 4.69) is 17.2 Å². The van der Waals surface area contributed by atoms with Gasteiger partial charge in [0.25, 0.3) is 5.56 Å². The van der Waals surface area contributed by atoms with E-state index in [0.29, 0.717) is 22.2 Å². The molecule has 0 bridgehead atoms. The molecule has 2 N–H and O–H groups in total. The van der Waals surface area contributed by atoms with E-state index in [4.69, 9.17) is 0 Å². The summed E-state index contributed by atoms with van der Waals surface area (Å²) in [4.78, 5) is 27.0. The number of hydrogen-bond donors (Lipinski definition) is 2. The Bertz CT molecular complexity index is 1220. The molecule has 0 saturated heterocycles. The molecule has 0 amide bonds. The Kier molecular flexibility index (Phi) is 3.43. The van der Waals surface area contributed by atoms with Crippen LogP contribution in [-0.2, 0) is 6.54 Å². The molecule has 2 aliphatic rings. The lowest BCUT2D eigenvalue weighted by atomic mass is 9.94. The molecule has 0 radical (unpaired) electrons. The van der Waals surface area contributed by atoms with Gasteiger partial charge in [-0.25, -0.2) is 9.18 Å². The van der Waals surface area contributed by atoms with Crippen LogP contribution in [0.25, 0.3) is 16.6 Å². The van der Waals surface area contributed by atoms with Crippen molar-refractivity contribution in [3.8, 4) is 11.1 Å². The van der Waals surface area contributed by atoms with E-state index >= 15 is 4.39 Å². The summed E-state index contributed by atoms with van der Waals surface area (Å²) in [6, 6.07) is 6.25.